The van der Waals surface area contributed by atoms with Crippen LogP contribution in [0, 0.1) is 5.92 Å². The summed E-state index contributed by atoms with van der Waals surface area (Å²) in [4.78, 5) is 18.7. The third-order valence-corrected chi connectivity index (χ3v) is 3.86. The lowest BCUT2D eigenvalue weighted by Crippen LogP contribution is -2.35. The lowest BCUT2D eigenvalue weighted by atomic mass is 10.0. The van der Waals surface area contributed by atoms with Gasteiger partial charge in [-0.25, -0.2) is 4.98 Å². The molecule has 1 amide bonds. The van der Waals surface area contributed by atoms with E-state index in [2.05, 4.69) is 31.1 Å². The SMILES string of the molecule is CCCNc1ccc(C(=O)N(CC)CC(CC)CC)nc1. The monoisotopic (exact) mass is 291 g/mol. The number of aromatic nitrogens is 1. The van der Waals surface area contributed by atoms with Gasteiger partial charge in [-0.3, -0.25) is 4.79 Å². The van der Waals surface area contributed by atoms with Crippen LogP contribution in [0.1, 0.15) is 57.4 Å². The quantitative estimate of drug-likeness (QED) is 0.752. The standard InChI is InChI=1S/C17H29N3O/c1-5-11-18-15-9-10-16(19-12-15)17(21)20(8-4)13-14(6-2)7-3/h9-10,12,14,18H,5-8,11,13H2,1-4H3. The Morgan fingerprint density at radius 3 is 2.43 bits per heavy atom. The van der Waals surface area contributed by atoms with Crippen LogP contribution >= 0.6 is 0 Å². The van der Waals surface area contributed by atoms with Crippen molar-refractivity contribution in [3.05, 3.63) is 24.0 Å². The summed E-state index contributed by atoms with van der Waals surface area (Å²) in [6, 6.07) is 3.75. The maximum Gasteiger partial charge on any atom is 0.272 e. The van der Waals surface area contributed by atoms with Crippen LogP contribution in [-0.2, 0) is 0 Å². The molecule has 0 aliphatic heterocycles. The van der Waals surface area contributed by atoms with E-state index < -0.39 is 0 Å². The van der Waals surface area contributed by atoms with Crippen LogP contribution in [0.3, 0.4) is 0 Å². The third-order valence-electron chi connectivity index (χ3n) is 3.86. The van der Waals surface area contributed by atoms with Crippen molar-refractivity contribution < 1.29 is 4.79 Å². The molecular formula is C17H29N3O. The smallest absolute Gasteiger partial charge is 0.272 e. The van der Waals surface area contributed by atoms with E-state index in [4.69, 9.17) is 0 Å². The molecule has 0 spiro atoms. The van der Waals surface area contributed by atoms with Gasteiger partial charge in [0.05, 0.1) is 11.9 Å². The number of hydrogen-bond donors (Lipinski definition) is 1. The predicted octanol–water partition coefficient (Wildman–Crippen LogP) is 3.80. The fraction of sp³-hybridized carbons (Fsp3) is 0.647. The van der Waals surface area contributed by atoms with Crippen molar-refractivity contribution in [1.29, 1.82) is 0 Å². The highest BCUT2D eigenvalue weighted by molar-refractivity contribution is 5.92. The minimum Gasteiger partial charge on any atom is -0.384 e. The maximum atomic E-state index is 12.5. The average Bonchev–Trinajstić information content (AvgIpc) is 2.54. The summed E-state index contributed by atoms with van der Waals surface area (Å²) >= 11 is 0. The van der Waals surface area contributed by atoms with E-state index >= 15 is 0 Å². The molecule has 1 heterocycles. The van der Waals surface area contributed by atoms with E-state index in [1.807, 2.05) is 24.0 Å². The lowest BCUT2D eigenvalue weighted by molar-refractivity contribution is 0.0729. The molecule has 0 aliphatic rings. The van der Waals surface area contributed by atoms with E-state index in [0.717, 1.165) is 44.6 Å². The first-order valence-electron chi connectivity index (χ1n) is 8.15. The number of rotatable bonds is 9. The molecule has 118 valence electrons. The fourth-order valence-electron chi connectivity index (χ4n) is 2.27. The van der Waals surface area contributed by atoms with Gasteiger partial charge in [0, 0.05) is 19.6 Å². The molecule has 0 saturated heterocycles. The van der Waals surface area contributed by atoms with Gasteiger partial charge < -0.3 is 10.2 Å². The molecule has 4 heteroatoms. The number of nitrogens with zero attached hydrogens (tertiary/aromatic N) is 2. The Morgan fingerprint density at radius 1 is 1.24 bits per heavy atom. The average molecular weight is 291 g/mol. The second-order valence-corrected chi connectivity index (χ2v) is 5.39. The molecule has 0 radical (unpaired) electrons. The maximum absolute atomic E-state index is 12.5. The molecule has 0 atom stereocenters. The van der Waals surface area contributed by atoms with Gasteiger partial charge in [-0.2, -0.15) is 0 Å². The molecule has 1 rings (SSSR count). The summed E-state index contributed by atoms with van der Waals surface area (Å²) in [6.07, 6.45) is 5.02. The highest BCUT2D eigenvalue weighted by atomic mass is 16.2. The van der Waals surface area contributed by atoms with Crippen molar-refractivity contribution in [2.24, 2.45) is 5.92 Å². The van der Waals surface area contributed by atoms with Crippen molar-refractivity contribution in [2.75, 3.05) is 25.0 Å². The van der Waals surface area contributed by atoms with Crippen LogP contribution < -0.4 is 5.32 Å². The molecule has 0 fully saturated rings. The molecule has 0 aliphatic carbocycles. The van der Waals surface area contributed by atoms with Crippen LogP contribution in [0.2, 0.25) is 0 Å². The van der Waals surface area contributed by atoms with Gasteiger partial charge in [0.25, 0.3) is 5.91 Å². The van der Waals surface area contributed by atoms with Crippen LogP contribution in [0.4, 0.5) is 5.69 Å². The van der Waals surface area contributed by atoms with Gasteiger partial charge in [0.15, 0.2) is 0 Å². The van der Waals surface area contributed by atoms with Gasteiger partial charge >= 0.3 is 0 Å². The van der Waals surface area contributed by atoms with Gasteiger partial charge in [-0.05, 0) is 31.4 Å². The van der Waals surface area contributed by atoms with Crippen molar-refractivity contribution >= 4 is 11.6 Å². The molecular weight excluding hydrogens is 262 g/mol. The molecule has 0 saturated carbocycles. The largest absolute Gasteiger partial charge is 0.384 e. The van der Waals surface area contributed by atoms with E-state index in [1.54, 1.807) is 6.20 Å². The number of amides is 1. The van der Waals surface area contributed by atoms with Gasteiger partial charge in [-0.1, -0.05) is 33.6 Å². The normalized spacial score (nSPS) is 10.7. The summed E-state index contributed by atoms with van der Waals surface area (Å²) in [5.74, 6) is 0.603. The Morgan fingerprint density at radius 2 is 1.95 bits per heavy atom. The number of carbonyl (C=O) groups is 1. The van der Waals surface area contributed by atoms with E-state index in [-0.39, 0.29) is 5.91 Å². The topological polar surface area (TPSA) is 45.2 Å². The van der Waals surface area contributed by atoms with Crippen LogP contribution in [0.25, 0.3) is 0 Å². The fourth-order valence-corrected chi connectivity index (χ4v) is 2.27. The summed E-state index contributed by atoms with van der Waals surface area (Å²) in [7, 11) is 0. The minimum absolute atomic E-state index is 0.0337. The van der Waals surface area contributed by atoms with Crippen LogP contribution in [0.15, 0.2) is 18.3 Å². The lowest BCUT2D eigenvalue weighted by Gasteiger charge is -2.25. The number of hydrogen-bond acceptors (Lipinski definition) is 3. The zero-order valence-electron chi connectivity index (χ0n) is 13.9. The van der Waals surface area contributed by atoms with Gasteiger partial charge in [0.1, 0.15) is 5.69 Å². The molecule has 1 aromatic rings. The first-order valence-corrected chi connectivity index (χ1v) is 8.15. The third kappa shape index (κ3) is 5.37. The van der Waals surface area contributed by atoms with Crippen molar-refractivity contribution in [2.45, 2.75) is 47.0 Å². The molecule has 21 heavy (non-hydrogen) atoms. The summed E-state index contributed by atoms with van der Waals surface area (Å²) in [5.41, 5.74) is 1.50. The number of nitrogens with one attached hydrogen (secondary N) is 1. The number of pyridine rings is 1. The molecule has 0 bridgehead atoms. The molecule has 4 nitrogen and oxygen atoms in total. The molecule has 1 aromatic heterocycles. The Bertz CT molecular complexity index is 413. The summed E-state index contributed by atoms with van der Waals surface area (Å²) in [5, 5.41) is 3.27. The highest BCUT2D eigenvalue weighted by Gasteiger charge is 2.18. The van der Waals surface area contributed by atoms with Crippen LogP contribution in [0.5, 0.6) is 0 Å². The Labute approximate surface area is 129 Å². The predicted molar refractivity (Wildman–Crippen MR) is 88.7 cm³/mol. The van der Waals surface area contributed by atoms with E-state index in [9.17, 15) is 4.79 Å². The first kappa shape index (κ1) is 17.5. The summed E-state index contributed by atoms with van der Waals surface area (Å²) in [6.45, 7) is 11.0. The number of anilines is 1. The van der Waals surface area contributed by atoms with Gasteiger partial charge in [-0.15, -0.1) is 0 Å². The van der Waals surface area contributed by atoms with E-state index in [1.165, 1.54) is 0 Å². The molecule has 0 aromatic carbocycles. The minimum atomic E-state index is 0.0337. The van der Waals surface area contributed by atoms with Crippen molar-refractivity contribution in [3.63, 3.8) is 0 Å². The summed E-state index contributed by atoms with van der Waals surface area (Å²) < 4.78 is 0. The van der Waals surface area contributed by atoms with Gasteiger partial charge in [0.2, 0.25) is 0 Å². The zero-order valence-corrected chi connectivity index (χ0v) is 13.9. The second-order valence-electron chi connectivity index (χ2n) is 5.39. The highest BCUT2D eigenvalue weighted by Crippen LogP contribution is 2.13. The van der Waals surface area contributed by atoms with Crippen molar-refractivity contribution in [3.8, 4) is 0 Å². The Balaban J connectivity index is 2.71. The Hall–Kier alpha value is -1.58. The Kier molecular flexibility index (Phi) is 7.80. The number of carbonyl (C=O) groups excluding carboxylic acids is 1. The van der Waals surface area contributed by atoms with Crippen LogP contribution in [-0.4, -0.2) is 35.4 Å². The molecule has 1 N–H and O–H groups in total. The van der Waals surface area contributed by atoms with E-state index in [0.29, 0.717) is 11.6 Å². The molecule has 0 unspecified atom stereocenters. The van der Waals surface area contributed by atoms with Crippen molar-refractivity contribution in [1.82, 2.24) is 9.88 Å². The zero-order chi connectivity index (χ0) is 15.7. The first-order chi connectivity index (χ1) is 10.2. The second kappa shape index (κ2) is 9.37.